The number of carbonyl (C=O) groups excluding carboxylic acids is 1. The van der Waals surface area contributed by atoms with Crippen molar-refractivity contribution in [2.75, 3.05) is 11.4 Å². The van der Waals surface area contributed by atoms with E-state index in [-0.39, 0.29) is 11.7 Å². The molecule has 1 aromatic heterocycles. The van der Waals surface area contributed by atoms with E-state index in [1.807, 2.05) is 37.3 Å². The second-order valence-electron chi connectivity index (χ2n) is 5.68. The van der Waals surface area contributed by atoms with Crippen molar-refractivity contribution in [1.29, 1.82) is 0 Å². The number of nitrogens with zero attached hydrogens (tertiary/aromatic N) is 2. The summed E-state index contributed by atoms with van der Waals surface area (Å²) in [6.45, 7) is 2.71. The van der Waals surface area contributed by atoms with Gasteiger partial charge in [-0.2, -0.15) is 0 Å². The average molecular weight is 350 g/mol. The molecule has 0 atom stereocenters. The minimum atomic E-state index is -0.335. The van der Waals surface area contributed by atoms with Crippen LogP contribution in [0.3, 0.4) is 0 Å². The number of carbonyl (C=O) groups is 1. The van der Waals surface area contributed by atoms with Crippen LogP contribution in [0.1, 0.15) is 22.8 Å². The quantitative estimate of drug-likeness (QED) is 0.659. The lowest BCUT2D eigenvalue weighted by Gasteiger charge is -2.21. The fourth-order valence-electron chi connectivity index (χ4n) is 2.57. The summed E-state index contributed by atoms with van der Waals surface area (Å²) in [6.07, 6.45) is 1.55. The number of halogens is 1. The molecule has 5 heteroatoms. The number of amides is 1. The molecule has 0 aliphatic carbocycles. The second-order valence-corrected chi connectivity index (χ2v) is 5.68. The van der Waals surface area contributed by atoms with Crippen LogP contribution < -0.4 is 9.64 Å². The van der Waals surface area contributed by atoms with Gasteiger partial charge < -0.3 is 9.64 Å². The van der Waals surface area contributed by atoms with Gasteiger partial charge in [0.15, 0.2) is 0 Å². The van der Waals surface area contributed by atoms with Crippen LogP contribution in [0.15, 0.2) is 72.9 Å². The molecule has 0 bridgehead atoms. The summed E-state index contributed by atoms with van der Waals surface area (Å²) < 4.78 is 18.8. The van der Waals surface area contributed by atoms with Crippen molar-refractivity contribution in [1.82, 2.24) is 4.98 Å². The summed E-state index contributed by atoms with van der Waals surface area (Å²) in [5, 5.41) is 0. The summed E-state index contributed by atoms with van der Waals surface area (Å²) in [4.78, 5) is 18.6. The van der Waals surface area contributed by atoms with Gasteiger partial charge in [0.1, 0.15) is 12.4 Å². The molecule has 0 unspecified atom stereocenters. The minimum Gasteiger partial charge on any atom is -0.473 e. The largest absolute Gasteiger partial charge is 0.473 e. The van der Waals surface area contributed by atoms with E-state index in [0.717, 1.165) is 5.56 Å². The van der Waals surface area contributed by atoms with Gasteiger partial charge in [-0.1, -0.05) is 30.3 Å². The van der Waals surface area contributed by atoms with Crippen molar-refractivity contribution in [3.63, 3.8) is 0 Å². The first-order valence-corrected chi connectivity index (χ1v) is 8.37. The van der Waals surface area contributed by atoms with Crippen molar-refractivity contribution < 1.29 is 13.9 Å². The number of ether oxygens (including phenoxy) is 1. The Morgan fingerprint density at radius 2 is 1.81 bits per heavy atom. The maximum atomic E-state index is 13.1. The number of rotatable bonds is 6. The van der Waals surface area contributed by atoms with Gasteiger partial charge in [0.2, 0.25) is 5.88 Å². The molecule has 0 spiro atoms. The first-order valence-electron chi connectivity index (χ1n) is 8.37. The third-order valence-electron chi connectivity index (χ3n) is 3.91. The van der Waals surface area contributed by atoms with Crippen LogP contribution in [-0.4, -0.2) is 17.4 Å². The fraction of sp³-hybridized carbons (Fsp3) is 0.143. The molecule has 3 rings (SSSR count). The van der Waals surface area contributed by atoms with Gasteiger partial charge >= 0.3 is 0 Å². The normalized spacial score (nSPS) is 10.4. The SMILES string of the molecule is CCN(C(=O)c1ccnc(OCc2ccccc2)c1)c1ccc(F)cc1. The second kappa shape index (κ2) is 8.25. The Labute approximate surface area is 151 Å². The molecule has 0 radical (unpaired) electrons. The van der Waals surface area contributed by atoms with Crippen LogP contribution in [-0.2, 0) is 6.61 Å². The molecule has 1 heterocycles. The minimum absolute atomic E-state index is 0.189. The molecular weight excluding hydrogens is 331 g/mol. The Bertz CT molecular complexity index is 867. The number of hydrogen-bond donors (Lipinski definition) is 0. The maximum absolute atomic E-state index is 13.1. The van der Waals surface area contributed by atoms with Gasteiger partial charge in [0, 0.05) is 30.1 Å². The highest BCUT2D eigenvalue weighted by Gasteiger charge is 2.17. The van der Waals surface area contributed by atoms with E-state index in [2.05, 4.69) is 4.98 Å². The maximum Gasteiger partial charge on any atom is 0.258 e. The summed E-state index contributed by atoms with van der Waals surface area (Å²) in [7, 11) is 0. The van der Waals surface area contributed by atoms with Crippen LogP contribution in [0.4, 0.5) is 10.1 Å². The fourth-order valence-corrected chi connectivity index (χ4v) is 2.57. The molecule has 2 aromatic carbocycles. The predicted octanol–water partition coefficient (Wildman–Crippen LogP) is 4.47. The summed E-state index contributed by atoms with van der Waals surface area (Å²) in [5.74, 6) is -0.140. The van der Waals surface area contributed by atoms with E-state index >= 15 is 0 Å². The molecule has 0 fully saturated rings. The van der Waals surface area contributed by atoms with E-state index in [1.165, 1.54) is 12.1 Å². The predicted molar refractivity (Wildman–Crippen MR) is 98.8 cm³/mol. The average Bonchev–Trinajstić information content (AvgIpc) is 2.69. The van der Waals surface area contributed by atoms with E-state index in [1.54, 1.807) is 35.4 Å². The first-order chi connectivity index (χ1) is 12.7. The van der Waals surface area contributed by atoms with E-state index in [4.69, 9.17) is 4.74 Å². The van der Waals surface area contributed by atoms with Crippen LogP contribution >= 0.6 is 0 Å². The standard InChI is InChI=1S/C21H19FN2O2/c1-2-24(19-10-8-18(22)9-11-19)21(25)17-12-13-23-20(14-17)26-15-16-6-4-3-5-7-16/h3-14H,2,15H2,1H3. The number of pyridine rings is 1. The van der Waals surface area contributed by atoms with E-state index in [9.17, 15) is 9.18 Å². The smallest absolute Gasteiger partial charge is 0.258 e. The first kappa shape index (κ1) is 17.6. The highest BCUT2D eigenvalue weighted by Crippen LogP contribution is 2.19. The van der Waals surface area contributed by atoms with Crippen LogP contribution in [0.2, 0.25) is 0 Å². The Balaban J connectivity index is 1.75. The molecule has 0 saturated carbocycles. The molecule has 0 aliphatic rings. The van der Waals surface area contributed by atoms with Gasteiger partial charge in [-0.05, 0) is 42.8 Å². The topological polar surface area (TPSA) is 42.4 Å². The lowest BCUT2D eigenvalue weighted by atomic mass is 10.2. The Morgan fingerprint density at radius 3 is 2.50 bits per heavy atom. The van der Waals surface area contributed by atoms with Gasteiger partial charge in [-0.3, -0.25) is 4.79 Å². The number of aromatic nitrogens is 1. The van der Waals surface area contributed by atoms with E-state index in [0.29, 0.717) is 30.3 Å². The molecule has 0 N–H and O–H groups in total. The molecule has 3 aromatic rings. The van der Waals surface area contributed by atoms with Gasteiger partial charge in [-0.15, -0.1) is 0 Å². The van der Waals surface area contributed by atoms with Crippen LogP contribution in [0.25, 0.3) is 0 Å². The Kier molecular flexibility index (Phi) is 5.59. The third-order valence-corrected chi connectivity index (χ3v) is 3.91. The van der Waals surface area contributed by atoms with Crippen LogP contribution in [0, 0.1) is 5.82 Å². The molecular formula is C21H19FN2O2. The van der Waals surface area contributed by atoms with Crippen molar-refractivity contribution in [3.8, 4) is 5.88 Å². The highest BCUT2D eigenvalue weighted by molar-refractivity contribution is 6.06. The summed E-state index contributed by atoms with van der Waals surface area (Å²) in [5.41, 5.74) is 2.13. The third kappa shape index (κ3) is 4.25. The molecule has 0 aliphatic heterocycles. The van der Waals surface area contributed by atoms with Crippen LogP contribution in [0.5, 0.6) is 5.88 Å². The zero-order valence-corrected chi connectivity index (χ0v) is 14.4. The van der Waals surface area contributed by atoms with Crippen molar-refractivity contribution in [3.05, 3.63) is 89.9 Å². The van der Waals surface area contributed by atoms with Gasteiger partial charge in [-0.25, -0.2) is 9.37 Å². The number of benzene rings is 2. The number of anilines is 1. The summed E-state index contributed by atoms with van der Waals surface area (Å²) >= 11 is 0. The van der Waals surface area contributed by atoms with Gasteiger partial charge in [0.25, 0.3) is 5.91 Å². The molecule has 26 heavy (non-hydrogen) atoms. The van der Waals surface area contributed by atoms with Crippen molar-refractivity contribution in [2.45, 2.75) is 13.5 Å². The molecule has 132 valence electrons. The van der Waals surface area contributed by atoms with Crippen molar-refractivity contribution >= 4 is 11.6 Å². The zero-order valence-electron chi connectivity index (χ0n) is 14.4. The number of hydrogen-bond acceptors (Lipinski definition) is 3. The lowest BCUT2D eigenvalue weighted by Crippen LogP contribution is -2.30. The Hall–Kier alpha value is -3.21. The molecule has 1 amide bonds. The molecule has 0 saturated heterocycles. The highest BCUT2D eigenvalue weighted by atomic mass is 19.1. The molecule has 4 nitrogen and oxygen atoms in total. The zero-order chi connectivity index (χ0) is 18.4. The summed E-state index contributed by atoms with van der Waals surface area (Å²) in [6, 6.07) is 18.9. The van der Waals surface area contributed by atoms with Gasteiger partial charge in [0.05, 0.1) is 0 Å². The van der Waals surface area contributed by atoms with Crippen molar-refractivity contribution in [2.24, 2.45) is 0 Å². The Morgan fingerprint density at radius 1 is 1.08 bits per heavy atom. The van der Waals surface area contributed by atoms with E-state index < -0.39 is 0 Å². The lowest BCUT2D eigenvalue weighted by molar-refractivity contribution is 0.0987. The monoisotopic (exact) mass is 350 g/mol.